The lowest BCUT2D eigenvalue weighted by molar-refractivity contribution is 0.590. The van der Waals surface area contributed by atoms with Crippen LogP contribution in [0.25, 0.3) is 44.5 Å². The van der Waals surface area contributed by atoms with E-state index < -0.39 is 5.41 Å². The van der Waals surface area contributed by atoms with Crippen LogP contribution < -0.4 is 25.5 Å². The zero-order valence-electron chi connectivity index (χ0n) is 43.6. The molecule has 0 saturated heterocycles. The fourth-order valence-electron chi connectivity index (χ4n) is 13.2. The van der Waals surface area contributed by atoms with Gasteiger partial charge in [-0.2, -0.15) is 0 Å². The monoisotopic (exact) mass is 970 g/mol. The summed E-state index contributed by atoms with van der Waals surface area (Å²) in [7, 11) is 0. The Morgan fingerprint density at radius 2 is 1.03 bits per heavy atom. The number of fused-ring (bicyclic) bond motifs is 15. The second kappa shape index (κ2) is 16.4. The predicted octanol–water partition coefficient (Wildman–Crippen LogP) is 17.4. The third kappa shape index (κ3) is 6.37. The number of hydrogen-bond donors (Lipinski definition) is 0. The molecule has 0 amide bonds. The van der Waals surface area contributed by atoms with Gasteiger partial charge in [0.1, 0.15) is 0 Å². The Kier molecular flexibility index (Phi) is 9.99. The van der Waals surface area contributed by atoms with Crippen molar-refractivity contribution >= 4 is 67.9 Å². The van der Waals surface area contributed by atoms with E-state index in [-0.39, 0.29) is 12.1 Å². The number of aryl methyl sites for hydroxylation is 1. The van der Waals surface area contributed by atoms with Crippen LogP contribution in [0.15, 0.2) is 200 Å². The van der Waals surface area contributed by atoms with E-state index in [1.807, 2.05) is 0 Å². The molecule has 0 unspecified atom stereocenters. The maximum absolute atomic E-state index is 2.68. The van der Waals surface area contributed by atoms with Gasteiger partial charge in [-0.1, -0.05) is 206 Å². The molecule has 2 nitrogen and oxygen atoms in total. The van der Waals surface area contributed by atoms with Gasteiger partial charge in [-0.15, -0.1) is 11.3 Å². The number of rotatable bonds is 6. The van der Waals surface area contributed by atoms with Crippen molar-refractivity contribution in [3.8, 4) is 44.5 Å². The molecule has 2 aliphatic heterocycles. The van der Waals surface area contributed by atoms with Crippen molar-refractivity contribution in [1.82, 2.24) is 0 Å². The highest BCUT2D eigenvalue weighted by Crippen LogP contribution is 2.67. The molecule has 9 aromatic carbocycles. The third-order valence-corrected chi connectivity index (χ3v) is 18.2. The van der Waals surface area contributed by atoms with E-state index in [4.69, 9.17) is 0 Å². The molecule has 0 saturated carbocycles. The van der Waals surface area contributed by atoms with Gasteiger partial charge >= 0.3 is 0 Å². The van der Waals surface area contributed by atoms with Crippen LogP contribution in [0.2, 0.25) is 0 Å². The first-order chi connectivity index (χ1) is 35.9. The van der Waals surface area contributed by atoms with E-state index >= 15 is 0 Å². The van der Waals surface area contributed by atoms with Gasteiger partial charge in [-0.05, 0) is 155 Å². The van der Waals surface area contributed by atoms with E-state index in [9.17, 15) is 0 Å². The van der Waals surface area contributed by atoms with E-state index in [0.29, 0.717) is 11.8 Å². The van der Waals surface area contributed by atoms with Gasteiger partial charge in [-0.3, -0.25) is 0 Å². The van der Waals surface area contributed by atoms with Crippen LogP contribution >= 0.6 is 11.3 Å². The van der Waals surface area contributed by atoms with E-state index in [1.165, 1.54) is 138 Å². The van der Waals surface area contributed by atoms with Crippen LogP contribution in [0.4, 0.5) is 34.1 Å². The molecule has 0 bridgehead atoms. The molecule has 0 fully saturated rings. The molecule has 2 aliphatic carbocycles. The van der Waals surface area contributed by atoms with E-state index in [1.54, 1.807) is 0 Å². The largest absolute Gasteiger partial charge is 0.311 e. The molecule has 358 valence electrons. The zero-order valence-corrected chi connectivity index (χ0v) is 44.4. The number of anilines is 6. The molecule has 3 heterocycles. The van der Waals surface area contributed by atoms with E-state index in [2.05, 4.69) is 277 Å². The Morgan fingerprint density at radius 3 is 1.66 bits per heavy atom. The molecule has 74 heavy (non-hydrogen) atoms. The summed E-state index contributed by atoms with van der Waals surface area (Å²) in [6, 6.07) is 77.2. The molecule has 4 heteroatoms. The van der Waals surface area contributed by atoms with Crippen LogP contribution in [-0.4, -0.2) is 6.71 Å². The highest BCUT2D eigenvalue weighted by atomic mass is 32.1. The van der Waals surface area contributed by atoms with Gasteiger partial charge in [0.25, 0.3) is 6.71 Å². The fraction of sp³-hybridized carbons (Fsp3) is 0.171. The van der Waals surface area contributed by atoms with Crippen molar-refractivity contribution in [2.24, 2.45) is 0 Å². The first-order valence-electron chi connectivity index (χ1n) is 26.7. The fourth-order valence-corrected chi connectivity index (χ4v) is 14.9. The van der Waals surface area contributed by atoms with Gasteiger partial charge in [0.15, 0.2) is 0 Å². The van der Waals surface area contributed by atoms with Gasteiger partial charge in [-0.25, -0.2) is 0 Å². The van der Waals surface area contributed by atoms with Crippen molar-refractivity contribution in [3.05, 3.63) is 244 Å². The average molecular weight is 971 g/mol. The number of nitrogens with zero attached hydrogens (tertiary/aromatic N) is 2. The summed E-state index contributed by atoms with van der Waals surface area (Å²) in [6.07, 6.45) is 0. The lowest BCUT2D eigenvalue weighted by Gasteiger charge is -2.44. The molecule has 0 radical (unpaired) electrons. The van der Waals surface area contributed by atoms with Gasteiger partial charge in [0.05, 0.1) is 11.1 Å². The van der Waals surface area contributed by atoms with Crippen molar-refractivity contribution < 1.29 is 0 Å². The third-order valence-electron chi connectivity index (χ3n) is 16.8. The van der Waals surface area contributed by atoms with Crippen LogP contribution in [0, 0.1) is 6.92 Å². The second-order valence-corrected chi connectivity index (χ2v) is 23.9. The lowest BCUT2D eigenvalue weighted by atomic mass is 9.36. The standard InChI is InChI=1S/C70H59BN2S/c1-42(2)45-26-32-51(33-27-45)73-63-39-44(5)38-62-65(63)71(60-37-29-48(53-21-13-12-20-52(53)46-18-10-9-11-19-46)41-61(60)72(62)50-34-30-49(31-35-50)69(6,7)8)68-66(73)64-56-36-28-47(43(3)4)40-59(56)70(67(64)74-68)57-24-16-14-22-54(57)55-23-15-17-25-58(55)70/h9-43H,1-8H3. The SMILES string of the molecule is Cc1cc2c3c(c1)N(c1ccc(C(C)C)cc1)c1c(sc4c1-c1ccc(C(C)C)cc1C41c4ccccc4-c4ccccc41)B3c1ccc(-c3ccccc3-c3ccccc3)cc1N2c1ccc(C(C)(C)C)cc1. The molecular weight excluding hydrogens is 912 g/mol. The minimum atomic E-state index is -0.480. The van der Waals surface area contributed by atoms with Crippen LogP contribution in [0.5, 0.6) is 0 Å². The number of benzene rings is 9. The van der Waals surface area contributed by atoms with E-state index in [0.717, 1.165) is 0 Å². The second-order valence-electron chi connectivity index (χ2n) is 22.9. The minimum absolute atomic E-state index is 0.0223. The van der Waals surface area contributed by atoms with Crippen molar-refractivity contribution in [2.45, 2.75) is 78.1 Å². The predicted molar refractivity (Wildman–Crippen MR) is 317 cm³/mol. The van der Waals surface area contributed by atoms with Crippen molar-refractivity contribution in [2.75, 3.05) is 9.80 Å². The summed E-state index contributed by atoms with van der Waals surface area (Å²) >= 11 is 2.07. The summed E-state index contributed by atoms with van der Waals surface area (Å²) in [4.78, 5) is 6.71. The maximum atomic E-state index is 2.68. The molecular formula is C70H59BN2S. The van der Waals surface area contributed by atoms with Crippen LogP contribution in [-0.2, 0) is 10.8 Å². The molecule has 0 atom stereocenters. The molecule has 0 N–H and O–H groups in total. The highest BCUT2D eigenvalue weighted by Gasteiger charge is 2.57. The Labute approximate surface area is 441 Å². The Balaban J connectivity index is 1.10. The maximum Gasteiger partial charge on any atom is 0.264 e. The van der Waals surface area contributed by atoms with Crippen molar-refractivity contribution in [1.29, 1.82) is 0 Å². The number of thiophene rings is 1. The first kappa shape index (κ1) is 45.0. The van der Waals surface area contributed by atoms with Crippen molar-refractivity contribution in [3.63, 3.8) is 0 Å². The molecule has 10 aromatic rings. The van der Waals surface area contributed by atoms with Crippen LogP contribution in [0.3, 0.4) is 0 Å². The smallest absolute Gasteiger partial charge is 0.264 e. The Morgan fingerprint density at radius 1 is 0.473 bits per heavy atom. The minimum Gasteiger partial charge on any atom is -0.311 e. The first-order valence-corrected chi connectivity index (χ1v) is 27.5. The molecule has 1 spiro atoms. The van der Waals surface area contributed by atoms with Gasteiger partial charge < -0.3 is 9.80 Å². The Hall–Kier alpha value is -7.66. The highest BCUT2D eigenvalue weighted by molar-refractivity contribution is 7.30. The normalized spacial score (nSPS) is 14.2. The lowest BCUT2D eigenvalue weighted by Crippen LogP contribution is -2.60. The van der Waals surface area contributed by atoms with Crippen LogP contribution in [0.1, 0.15) is 104 Å². The summed E-state index contributed by atoms with van der Waals surface area (Å²) in [5.41, 5.74) is 29.4. The molecule has 14 rings (SSSR count). The summed E-state index contributed by atoms with van der Waals surface area (Å²) in [5.74, 6) is 0.808. The van der Waals surface area contributed by atoms with Gasteiger partial charge in [0, 0.05) is 43.7 Å². The average Bonchev–Trinajstić information content (AvgIpc) is 4.21. The number of hydrogen-bond acceptors (Lipinski definition) is 3. The van der Waals surface area contributed by atoms with Gasteiger partial charge in [0.2, 0.25) is 0 Å². The molecule has 1 aromatic heterocycles. The quantitative estimate of drug-likeness (QED) is 0.153. The zero-order chi connectivity index (χ0) is 50.4. The summed E-state index contributed by atoms with van der Waals surface area (Å²) in [5, 5.41) is 0. The summed E-state index contributed by atoms with van der Waals surface area (Å²) in [6.45, 7) is 18.5. The summed E-state index contributed by atoms with van der Waals surface area (Å²) < 4.78 is 1.40. The topological polar surface area (TPSA) is 6.48 Å². The molecule has 4 aliphatic rings. The Bertz CT molecular complexity index is 3860.